The van der Waals surface area contributed by atoms with Gasteiger partial charge < -0.3 is 5.21 Å². The Morgan fingerprint density at radius 3 is 2.37 bits per heavy atom. The van der Waals surface area contributed by atoms with Gasteiger partial charge in [-0.2, -0.15) is 5.06 Å². The number of aliphatic imine (C=N–C) groups is 1. The fourth-order valence-corrected chi connectivity index (χ4v) is 3.06. The number of hydrogen-bond donors (Lipinski definition) is 1. The molecular formula is C16H26N2O. The average Bonchev–Trinajstić information content (AvgIpc) is 2.84. The maximum atomic E-state index is 10.3. The minimum atomic E-state index is -0.531. The first-order chi connectivity index (χ1) is 8.57. The molecule has 19 heavy (non-hydrogen) atoms. The van der Waals surface area contributed by atoms with E-state index in [9.17, 15) is 5.21 Å². The second kappa shape index (κ2) is 4.29. The van der Waals surface area contributed by atoms with Crippen LogP contribution >= 0.6 is 0 Å². The molecule has 1 aliphatic carbocycles. The van der Waals surface area contributed by atoms with Gasteiger partial charge in [0.2, 0.25) is 0 Å². The standard InChI is InChI=1S/C16H26N2O/c1-14(2,12-9-7-8-10-12)11-13-15(3,4)18(19)16(5,6)17-13/h7-9,19H,10-11H2,1-6H3. The molecule has 2 rings (SSSR count). The van der Waals surface area contributed by atoms with Crippen LogP contribution in [0.1, 0.15) is 54.4 Å². The Bertz CT molecular complexity index is 467. The lowest BCUT2D eigenvalue weighted by atomic mass is 9.76. The van der Waals surface area contributed by atoms with Crippen molar-refractivity contribution < 1.29 is 5.21 Å². The zero-order chi connectivity index (χ0) is 14.5. The molecule has 0 aromatic heterocycles. The van der Waals surface area contributed by atoms with E-state index < -0.39 is 11.2 Å². The summed E-state index contributed by atoms with van der Waals surface area (Å²) in [4.78, 5) is 4.76. The van der Waals surface area contributed by atoms with Crippen LogP contribution in [0.2, 0.25) is 0 Å². The highest BCUT2D eigenvalue weighted by atomic mass is 16.5. The maximum Gasteiger partial charge on any atom is 0.130 e. The summed E-state index contributed by atoms with van der Waals surface area (Å²) in [5, 5.41) is 11.7. The van der Waals surface area contributed by atoms with Gasteiger partial charge in [-0.25, -0.2) is 0 Å². The molecule has 1 N–H and O–H groups in total. The fraction of sp³-hybridized carbons (Fsp3) is 0.688. The number of nitrogens with zero attached hydrogens (tertiary/aromatic N) is 2. The molecule has 0 saturated carbocycles. The Morgan fingerprint density at radius 2 is 1.95 bits per heavy atom. The highest BCUT2D eigenvalue weighted by Gasteiger charge is 2.48. The summed E-state index contributed by atoms with van der Waals surface area (Å²) in [5.41, 5.74) is 1.68. The van der Waals surface area contributed by atoms with Crippen molar-refractivity contribution in [3.63, 3.8) is 0 Å². The van der Waals surface area contributed by atoms with Crippen LogP contribution in [0.3, 0.4) is 0 Å². The molecule has 3 heteroatoms. The van der Waals surface area contributed by atoms with Crippen LogP contribution in [0.25, 0.3) is 0 Å². The van der Waals surface area contributed by atoms with Crippen molar-refractivity contribution in [1.29, 1.82) is 0 Å². The molecule has 1 aliphatic heterocycles. The topological polar surface area (TPSA) is 35.8 Å². The lowest BCUT2D eigenvalue weighted by molar-refractivity contribution is -0.188. The van der Waals surface area contributed by atoms with Gasteiger partial charge >= 0.3 is 0 Å². The zero-order valence-corrected chi connectivity index (χ0v) is 13.0. The van der Waals surface area contributed by atoms with E-state index in [2.05, 4.69) is 32.1 Å². The van der Waals surface area contributed by atoms with Crippen LogP contribution in [0.4, 0.5) is 0 Å². The summed E-state index contributed by atoms with van der Waals surface area (Å²) in [6.45, 7) is 12.5. The van der Waals surface area contributed by atoms with Crippen LogP contribution in [-0.2, 0) is 0 Å². The molecule has 0 fully saturated rings. The van der Waals surface area contributed by atoms with E-state index in [1.165, 1.54) is 10.6 Å². The first-order valence-corrected chi connectivity index (χ1v) is 7.02. The molecule has 0 atom stereocenters. The Labute approximate surface area is 116 Å². The smallest absolute Gasteiger partial charge is 0.130 e. The van der Waals surface area contributed by atoms with Crippen molar-refractivity contribution in [3.8, 4) is 0 Å². The van der Waals surface area contributed by atoms with Gasteiger partial charge in [0, 0.05) is 5.71 Å². The molecule has 0 unspecified atom stereocenters. The molecule has 0 amide bonds. The summed E-state index contributed by atoms with van der Waals surface area (Å²) in [6.07, 6.45) is 8.45. The maximum absolute atomic E-state index is 10.3. The van der Waals surface area contributed by atoms with Gasteiger partial charge in [0.15, 0.2) is 0 Å². The molecule has 0 spiro atoms. The third-order valence-electron chi connectivity index (χ3n) is 4.41. The average molecular weight is 262 g/mol. The Balaban J connectivity index is 2.24. The Kier molecular flexibility index (Phi) is 3.27. The van der Waals surface area contributed by atoms with Gasteiger partial charge in [-0.3, -0.25) is 4.99 Å². The fourth-order valence-electron chi connectivity index (χ4n) is 3.06. The van der Waals surface area contributed by atoms with Crippen molar-refractivity contribution >= 4 is 5.71 Å². The summed E-state index contributed by atoms with van der Waals surface area (Å²) in [7, 11) is 0. The van der Waals surface area contributed by atoms with Crippen LogP contribution < -0.4 is 0 Å². The summed E-state index contributed by atoms with van der Waals surface area (Å²) >= 11 is 0. The van der Waals surface area contributed by atoms with E-state index in [4.69, 9.17) is 4.99 Å². The molecule has 0 radical (unpaired) electrons. The quantitative estimate of drug-likeness (QED) is 0.836. The second-order valence-electron chi connectivity index (χ2n) is 7.31. The molecule has 0 aromatic rings. The normalized spacial score (nSPS) is 25.6. The molecule has 106 valence electrons. The minimum Gasteiger partial charge on any atom is -0.311 e. The number of hydroxylamine groups is 2. The number of allylic oxidation sites excluding steroid dienone is 4. The number of rotatable bonds is 3. The van der Waals surface area contributed by atoms with Crippen LogP contribution in [-0.4, -0.2) is 27.2 Å². The van der Waals surface area contributed by atoms with Gasteiger partial charge in [-0.15, -0.1) is 0 Å². The number of hydrogen-bond acceptors (Lipinski definition) is 3. The zero-order valence-electron chi connectivity index (χ0n) is 13.0. The van der Waals surface area contributed by atoms with E-state index in [0.29, 0.717) is 0 Å². The lowest BCUT2D eigenvalue weighted by Crippen LogP contribution is -2.50. The molecule has 0 saturated heterocycles. The third kappa shape index (κ3) is 2.41. The van der Waals surface area contributed by atoms with E-state index in [1.54, 1.807) is 0 Å². The van der Waals surface area contributed by atoms with Crippen LogP contribution in [0, 0.1) is 5.41 Å². The van der Waals surface area contributed by atoms with Gasteiger partial charge in [0.05, 0.1) is 5.54 Å². The van der Waals surface area contributed by atoms with Crippen LogP contribution in [0.15, 0.2) is 28.8 Å². The van der Waals surface area contributed by atoms with Crippen molar-refractivity contribution in [2.45, 2.75) is 65.6 Å². The van der Waals surface area contributed by atoms with E-state index in [-0.39, 0.29) is 5.41 Å². The lowest BCUT2D eigenvalue weighted by Gasteiger charge is -2.36. The van der Waals surface area contributed by atoms with E-state index in [0.717, 1.165) is 18.6 Å². The summed E-state index contributed by atoms with van der Waals surface area (Å²) < 4.78 is 0. The highest BCUT2D eigenvalue weighted by molar-refractivity contribution is 5.95. The monoisotopic (exact) mass is 262 g/mol. The van der Waals surface area contributed by atoms with Gasteiger partial charge in [-0.05, 0) is 46.0 Å². The predicted molar refractivity (Wildman–Crippen MR) is 79.5 cm³/mol. The summed E-state index contributed by atoms with van der Waals surface area (Å²) in [6, 6.07) is 0. The van der Waals surface area contributed by atoms with Gasteiger partial charge in [0.1, 0.15) is 5.66 Å². The predicted octanol–water partition coefficient (Wildman–Crippen LogP) is 3.95. The van der Waals surface area contributed by atoms with Crippen LogP contribution in [0.5, 0.6) is 0 Å². The largest absolute Gasteiger partial charge is 0.311 e. The van der Waals surface area contributed by atoms with Crippen molar-refractivity contribution in [2.75, 3.05) is 0 Å². The van der Waals surface area contributed by atoms with E-state index in [1.807, 2.05) is 27.7 Å². The second-order valence-corrected chi connectivity index (χ2v) is 7.31. The first kappa shape index (κ1) is 14.5. The van der Waals surface area contributed by atoms with Gasteiger partial charge in [-0.1, -0.05) is 37.6 Å². The molecule has 2 aliphatic rings. The molecule has 0 bridgehead atoms. The van der Waals surface area contributed by atoms with Gasteiger partial charge in [0.25, 0.3) is 0 Å². The Morgan fingerprint density at radius 1 is 1.32 bits per heavy atom. The Hall–Kier alpha value is -0.930. The molecule has 1 heterocycles. The van der Waals surface area contributed by atoms with Crippen molar-refractivity contribution in [3.05, 3.63) is 23.8 Å². The highest BCUT2D eigenvalue weighted by Crippen LogP contribution is 2.41. The summed E-state index contributed by atoms with van der Waals surface area (Å²) in [5.74, 6) is 0. The minimum absolute atomic E-state index is 0.0842. The van der Waals surface area contributed by atoms with Crippen molar-refractivity contribution in [1.82, 2.24) is 5.06 Å². The van der Waals surface area contributed by atoms with Crippen molar-refractivity contribution in [2.24, 2.45) is 10.4 Å². The SMILES string of the molecule is CC(C)(CC1=NC(C)(C)N(O)C1(C)C)C1=CC=CC1. The molecule has 3 nitrogen and oxygen atoms in total. The molecule has 0 aromatic carbocycles. The van der Waals surface area contributed by atoms with E-state index >= 15 is 0 Å². The third-order valence-corrected chi connectivity index (χ3v) is 4.41. The molecular weight excluding hydrogens is 236 g/mol. The first-order valence-electron chi connectivity index (χ1n) is 7.02.